The molecule has 106 valence electrons. The van der Waals surface area contributed by atoms with Crippen LogP contribution in [0.4, 0.5) is 0 Å². The van der Waals surface area contributed by atoms with Crippen molar-refractivity contribution in [1.29, 1.82) is 0 Å². The lowest BCUT2D eigenvalue weighted by atomic mass is 10.2. The van der Waals surface area contributed by atoms with Crippen LogP contribution in [0.5, 0.6) is 0 Å². The van der Waals surface area contributed by atoms with Crippen LogP contribution in [0.15, 0.2) is 46.7 Å². The molecule has 0 unspecified atom stereocenters. The summed E-state index contributed by atoms with van der Waals surface area (Å²) in [5, 5.41) is 10.8. The highest BCUT2D eigenvalue weighted by Gasteiger charge is 2.15. The average molecular weight is 311 g/mol. The summed E-state index contributed by atoms with van der Waals surface area (Å²) in [5.41, 5.74) is -0.0499. The van der Waals surface area contributed by atoms with Crippen molar-refractivity contribution in [2.45, 2.75) is 11.3 Å². The molecule has 1 aromatic carbocycles. The Morgan fingerprint density at radius 3 is 2.70 bits per heavy atom. The molecule has 20 heavy (non-hydrogen) atoms. The third-order valence-electron chi connectivity index (χ3n) is 2.63. The van der Waals surface area contributed by atoms with E-state index < -0.39 is 16.0 Å². The first-order valence-corrected chi connectivity index (χ1v) is 8.21. The molecule has 0 radical (unpaired) electrons. The molecule has 0 aliphatic heterocycles. The molecule has 2 N–H and O–H groups in total. The minimum atomic E-state index is -3.68. The Morgan fingerprint density at radius 2 is 2.05 bits per heavy atom. The zero-order chi connectivity index (χ0) is 14.6. The van der Waals surface area contributed by atoms with E-state index in [-0.39, 0.29) is 17.0 Å². The number of benzene rings is 1. The molecule has 0 atom stereocenters. The van der Waals surface area contributed by atoms with Gasteiger partial charge in [0.1, 0.15) is 0 Å². The normalized spacial score (nSPS) is 11.4. The summed E-state index contributed by atoms with van der Waals surface area (Å²) in [4.78, 5) is 11.9. The van der Waals surface area contributed by atoms with E-state index in [0.29, 0.717) is 6.42 Å². The van der Waals surface area contributed by atoms with Gasteiger partial charge in [0.25, 0.3) is 0 Å². The molecule has 0 aliphatic carbocycles. The average Bonchev–Trinajstić information content (AvgIpc) is 2.92. The van der Waals surface area contributed by atoms with Crippen molar-refractivity contribution < 1.29 is 18.3 Å². The number of carboxylic acid groups (broad SMARTS) is 1. The molecule has 1 aromatic heterocycles. The van der Waals surface area contributed by atoms with Gasteiger partial charge in [0.2, 0.25) is 10.0 Å². The monoisotopic (exact) mass is 311 g/mol. The number of carboxylic acids is 1. The molecule has 0 fully saturated rings. The molecule has 5 nitrogen and oxygen atoms in total. The zero-order valence-corrected chi connectivity index (χ0v) is 12.1. The molecular weight excluding hydrogens is 298 g/mol. The zero-order valence-electron chi connectivity index (χ0n) is 10.4. The highest BCUT2D eigenvalue weighted by Crippen LogP contribution is 2.12. The lowest BCUT2D eigenvalue weighted by molar-refractivity contribution is 0.0696. The number of hydrogen-bond acceptors (Lipinski definition) is 4. The quantitative estimate of drug-likeness (QED) is 0.854. The molecule has 0 saturated carbocycles. The minimum Gasteiger partial charge on any atom is -0.478 e. The van der Waals surface area contributed by atoms with Crippen molar-refractivity contribution in [2.24, 2.45) is 0 Å². The van der Waals surface area contributed by atoms with Crippen molar-refractivity contribution in [3.05, 3.63) is 52.2 Å². The van der Waals surface area contributed by atoms with Gasteiger partial charge in [-0.1, -0.05) is 12.1 Å². The Labute approximate surface area is 120 Å². The summed E-state index contributed by atoms with van der Waals surface area (Å²) in [6.07, 6.45) is 0.607. The van der Waals surface area contributed by atoms with E-state index in [4.69, 9.17) is 5.11 Å². The first kappa shape index (κ1) is 14.7. The van der Waals surface area contributed by atoms with E-state index in [2.05, 4.69) is 4.72 Å². The maximum absolute atomic E-state index is 12.0. The van der Waals surface area contributed by atoms with E-state index >= 15 is 0 Å². The number of aromatic carboxylic acids is 1. The molecule has 0 saturated heterocycles. The van der Waals surface area contributed by atoms with E-state index in [0.717, 1.165) is 10.9 Å². The van der Waals surface area contributed by atoms with Crippen LogP contribution in [0.25, 0.3) is 0 Å². The molecular formula is C13H13NO4S2. The van der Waals surface area contributed by atoms with E-state index in [1.165, 1.54) is 18.2 Å². The van der Waals surface area contributed by atoms with Gasteiger partial charge in [0.15, 0.2) is 0 Å². The summed E-state index contributed by atoms with van der Waals surface area (Å²) < 4.78 is 26.5. The predicted molar refractivity (Wildman–Crippen MR) is 76.6 cm³/mol. The van der Waals surface area contributed by atoms with Crippen LogP contribution < -0.4 is 4.72 Å². The number of hydrogen-bond donors (Lipinski definition) is 2. The third-order valence-corrected chi connectivity index (χ3v) is 5.03. The van der Waals surface area contributed by atoms with Gasteiger partial charge in [-0.15, -0.1) is 11.3 Å². The Balaban J connectivity index is 2.06. The van der Waals surface area contributed by atoms with Gasteiger partial charge in [-0.2, -0.15) is 0 Å². The Hall–Kier alpha value is -1.70. The van der Waals surface area contributed by atoms with Gasteiger partial charge >= 0.3 is 5.97 Å². The minimum absolute atomic E-state index is 0.0384. The first-order valence-electron chi connectivity index (χ1n) is 5.84. The molecule has 0 aliphatic rings. The fourth-order valence-corrected chi connectivity index (χ4v) is 3.43. The molecule has 2 rings (SSSR count). The van der Waals surface area contributed by atoms with Crippen LogP contribution in [0.3, 0.4) is 0 Å². The van der Waals surface area contributed by atoms with Gasteiger partial charge in [-0.3, -0.25) is 0 Å². The molecule has 0 bridgehead atoms. The first-order chi connectivity index (χ1) is 9.49. The molecule has 7 heteroatoms. The maximum Gasteiger partial charge on any atom is 0.335 e. The fourth-order valence-electron chi connectivity index (χ4n) is 1.64. The van der Waals surface area contributed by atoms with Gasteiger partial charge in [-0.25, -0.2) is 17.9 Å². The van der Waals surface area contributed by atoms with Crippen LogP contribution in [-0.4, -0.2) is 26.0 Å². The summed E-state index contributed by atoms with van der Waals surface area (Å²) >= 11 is 1.56. The lowest BCUT2D eigenvalue weighted by Crippen LogP contribution is -2.26. The lowest BCUT2D eigenvalue weighted by Gasteiger charge is -2.06. The second-order valence-corrected chi connectivity index (χ2v) is 6.86. The van der Waals surface area contributed by atoms with Gasteiger partial charge in [0, 0.05) is 11.4 Å². The van der Waals surface area contributed by atoms with Crippen molar-refractivity contribution in [2.75, 3.05) is 6.54 Å². The summed E-state index contributed by atoms with van der Waals surface area (Å²) in [7, 11) is -3.68. The topological polar surface area (TPSA) is 83.5 Å². The van der Waals surface area contributed by atoms with Gasteiger partial charge in [0.05, 0.1) is 10.5 Å². The van der Waals surface area contributed by atoms with E-state index in [1.54, 1.807) is 11.3 Å². The third kappa shape index (κ3) is 3.66. The summed E-state index contributed by atoms with van der Waals surface area (Å²) in [6.45, 7) is 0.278. The van der Waals surface area contributed by atoms with Crippen molar-refractivity contribution in [1.82, 2.24) is 4.72 Å². The molecule has 2 aromatic rings. The second-order valence-electron chi connectivity index (χ2n) is 4.06. The largest absolute Gasteiger partial charge is 0.478 e. The summed E-state index contributed by atoms with van der Waals surface area (Å²) in [5.74, 6) is -1.15. The van der Waals surface area contributed by atoms with Crippen LogP contribution in [0.1, 0.15) is 15.2 Å². The Bertz CT molecular complexity index is 693. The smallest absolute Gasteiger partial charge is 0.335 e. The number of nitrogens with one attached hydrogen (secondary N) is 1. The second kappa shape index (κ2) is 6.17. The summed E-state index contributed by atoms with van der Waals surface area (Å²) in [6, 6.07) is 9.13. The fraction of sp³-hybridized carbons (Fsp3) is 0.154. The Morgan fingerprint density at radius 1 is 1.25 bits per heavy atom. The van der Waals surface area contributed by atoms with Crippen LogP contribution in [0.2, 0.25) is 0 Å². The van der Waals surface area contributed by atoms with Crippen molar-refractivity contribution in [3.8, 4) is 0 Å². The molecule has 0 amide bonds. The van der Waals surface area contributed by atoms with Gasteiger partial charge in [-0.05, 0) is 36.1 Å². The SMILES string of the molecule is O=C(O)c1cccc(S(=O)(=O)NCCc2cccs2)c1. The molecule has 0 spiro atoms. The molecule has 1 heterocycles. The van der Waals surface area contributed by atoms with Crippen LogP contribution >= 0.6 is 11.3 Å². The van der Waals surface area contributed by atoms with Crippen LogP contribution in [-0.2, 0) is 16.4 Å². The van der Waals surface area contributed by atoms with Crippen LogP contribution in [0, 0.1) is 0 Å². The highest BCUT2D eigenvalue weighted by molar-refractivity contribution is 7.89. The Kier molecular flexibility index (Phi) is 4.53. The van der Waals surface area contributed by atoms with Crippen molar-refractivity contribution >= 4 is 27.3 Å². The van der Waals surface area contributed by atoms with Gasteiger partial charge < -0.3 is 5.11 Å². The number of sulfonamides is 1. The maximum atomic E-state index is 12.0. The highest BCUT2D eigenvalue weighted by atomic mass is 32.2. The van der Waals surface area contributed by atoms with Crippen molar-refractivity contribution in [3.63, 3.8) is 0 Å². The predicted octanol–water partition coefficient (Wildman–Crippen LogP) is 1.97. The standard InChI is InChI=1S/C13H13NO4S2/c15-13(16)10-3-1-5-12(9-10)20(17,18)14-7-6-11-4-2-8-19-11/h1-5,8-9,14H,6-7H2,(H,15,16). The van der Waals surface area contributed by atoms with E-state index in [1.807, 2.05) is 17.5 Å². The number of rotatable bonds is 6. The number of carbonyl (C=O) groups is 1. The van der Waals surface area contributed by atoms with E-state index in [9.17, 15) is 13.2 Å². The number of thiophene rings is 1.